The largest absolute Gasteiger partial charge is 0.506 e. The monoisotopic (exact) mass is 374 g/mol. The van der Waals surface area contributed by atoms with Crippen LogP contribution in [-0.2, 0) is 19.7 Å². The normalized spacial score (nSPS) is 21.4. The van der Waals surface area contributed by atoms with Crippen molar-refractivity contribution in [3.8, 4) is 0 Å². The lowest BCUT2D eigenvalue weighted by molar-refractivity contribution is 0.104. The van der Waals surface area contributed by atoms with Crippen LogP contribution in [0.1, 0.15) is 15.9 Å². The van der Waals surface area contributed by atoms with Gasteiger partial charge in [0.1, 0.15) is 15.6 Å². The van der Waals surface area contributed by atoms with E-state index in [4.69, 9.17) is 0 Å². The summed E-state index contributed by atoms with van der Waals surface area (Å²) in [5.74, 6) is -1.36. The predicted octanol–water partition coefficient (Wildman–Crippen LogP) is 2.25. The van der Waals surface area contributed by atoms with E-state index in [9.17, 15) is 26.7 Å². The summed E-state index contributed by atoms with van der Waals surface area (Å²) in [7, 11) is -8.25. The lowest BCUT2D eigenvalue weighted by atomic mass is 10.1. The highest BCUT2D eigenvalue weighted by Crippen LogP contribution is 2.41. The molecule has 2 aliphatic heterocycles. The first-order valence-electron chi connectivity index (χ1n) is 7.14. The van der Waals surface area contributed by atoms with E-state index in [0.717, 1.165) is 6.08 Å². The van der Waals surface area contributed by atoms with Gasteiger partial charge in [0.2, 0.25) is 25.5 Å². The fourth-order valence-electron chi connectivity index (χ4n) is 2.94. The molecule has 0 saturated heterocycles. The Hall–Kier alpha value is -2.71. The number of hydrogen-bond donors (Lipinski definition) is 1. The number of ketones is 1. The summed E-state index contributed by atoms with van der Waals surface area (Å²) in [5.41, 5.74) is 0.0662. The Balaban J connectivity index is 1.98. The standard InChI is InChI=1S/C17H10O6S2/c18-16-10-5-1-3-7-12(10)24(20,21)14(16)9-15-17(19)11-6-2-4-8-13(11)25(15,22)23/h1-9,18H/b15-9-. The van der Waals surface area contributed by atoms with E-state index in [0.29, 0.717) is 0 Å². The van der Waals surface area contributed by atoms with E-state index in [1.54, 1.807) is 6.07 Å². The van der Waals surface area contributed by atoms with Crippen molar-refractivity contribution in [1.82, 2.24) is 0 Å². The molecule has 0 radical (unpaired) electrons. The van der Waals surface area contributed by atoms with Gasteiger partial charge in [-0.3, -0.25) is 4.79 Å². The summed E-state index contributed by atoms with van der Waals surface area (Å²) in [6.07, 6.45) is 0.752. The molecule has 0 fully saturated rings. The molecule has 0 bridgehead atoms. The minimum Gasteiger partial charge on any atom is -0.506 e. The van der Waals surface area contributed by atoms with Crippen molar-refractivity contribution in [3.05, 3.63) is 75.5 Å². The van der Waals surface area contributed by atoms with Gasteiger partial charge < -0.3 is 5.11 Å². The van der Waals surface area contributed by atoms with Gasteiger partial charge in [0.15, 0.2) is 0 Å². The van der Waals surface area contributed by atoms with Crippen LogP contribution in [0, 0.1) is 0 Å². The first-order chi connectivity index (χ1) is 11.8. The van der Waals surface area contributed by atoms with Gasteiger partial charge >= 0.3 is 0 Å². The number of benzene rings is 2. The van der Waals surface area contributed by atoms with Gasteiger partial charge in [0.25, 0.3) is 0 Å². The molecule has 8 heteroatoms. The Morgan fingerprint density at radius 3 is 1.84 bits per heavy atom. The molecule has 0 atom stereocenters. The van der Waals surface area contributed by atoms with Crippen LogP contribution in [-0.4, -0.2) is 27.7 Å². The minimum atomic E-state index is -4.14. The Bertz CT molecular complexity index is 1230. The van der Waals surface area contributed by atoms with Crippen molar-refractivity contribution in [2.24, 2.45) is 0 Å². The van der Waals surface area contributed by atoms with Gasteiger partial charge in [-0.1, -0.05) is 24.3 Å². The van der Waals surface area contributed by atoms with Crippen molar-refractivity contribution in [3.63, 3.8) is 0 Å². The molecule has 0 amide bonds. The molecule has 6 nitrogen and oxygen atoms in total. The molecule has 0 saturated carbocycles. The molecule has 126 valence electrons. The van der Waals surface area contributed by atoms with Crippen molar-refractivity contribution >= 4 is 31.2 Å². The van der Waals surface area contributed by atoms with Crippen LogP contribution < -0.4 is 0 Å². The Labute approximate surface area is 143 Å². The van der Waals surface area contributed by atoms with Crippen LogP contribution in [0.3, 0.4) is 0 Å². The number of aliphatic hydroxyl groups excluding tert-OH is 1. The van der Waals surface area contributed by atoms with Crippen molar-refractivity contribution in [1.29, 1.82) is 0 Å². The van der Waals surface area contributed by atoms with E-state index in [2.05, 4.69) is 0 Å². The summed E-state index contributed by atoms with van der Waals surface area (Å²) in [5, 5.41) is 10.3. The average Bonchev–Trinajstić information content (AvgIpc) is 2.90. The lowest BCUT2D eigenvalue weighted by Crippen LogP contribution is -2.06. The number of fused-ring (bicyclic) bond motifs is 2. The molecule has 25 heavy (non-hydrogen) atoms. The summed E-state index contributed by atoms with van der Waals surface area (Å²) in [6.45, 7) is 0. The lowest BCUT2D eigenvalue weighted by Gasteiger charge is -2.00. The maximum absolute atomic E-state index is 12.6. The molecule has 0 spiro atoms. The SMILES string of the molecule is O=C1/C(=C/C2=C(O)c3ccccc3S2(=O)=O)S(=O)(=O)c2ccccc21. The van der Waals surface area contributed by atoms with Gasteiger partial charge in [0.05, 0.1) is 9.79 Å². The summed E-state index contributed by atoms with van der Waals surface area (Å²) in [4.78, 5) is 10.9. The molecule has 2 aromatic rings. The summed E-state index contributed by atoms with van der Waals surface area (Å²) < 4.78 is 50.4. The first kappa shape index (κ1) is 15.8. The number of hydrogen-bond acceptors (Lipinski definition) is 6. The van der Waals surface area contributed by atoms with E-state index < -0.39 is 41.0 Å². The van der Waals surface area contributed by atoms with Crippen molar-refractivity contribution in [2.45, 2.75) is 9.79 Å². The highest BCUT2D eigenvalue weighted by atomic mass is 32.2. The van der Waals surface area contributed by atoms with Crippen molar-refractivity contribution < 1.29 is 26.7 Å². The summed E-state index contributed by atoms with van der Waals surface area (Å²) in [6, 6.07) is 11.4. The Morgan fingerprint density at radius 2 is 1.28 bits per heavy atom. The Kier molecular flexibility index (Phi) is 3.10. The second-order valence-corrected chi connectivity index (χ2v) is 9.32. The first-order valence-corrected chi connectivity index (χ1v) is 10.1. The molecule has 0 aliphatic carbocycles. The van der Waals surface area contributed by atoms with Gasteiger partial charge in [-0.05, 0) is 30.3 Å². The number of sulfone groups is 2. The van der Waals surface area contributed by atoms with Crippen LogP contribution in [0.15, 0.2) is 74.2 Å². The quantitative estimate of drug-likeness (QED) is 0.768. The van der Waals surface area contributed by atoms with Crippen LogP contribution in [0.2, 0.25) is 0 Å². The number of rotatable bonds is 1. The van der Waals surface area contributed by atoms with E-state index in [1.807, 2.05) is 0 Å². The molecule has 4 rings (SSSR count). The second kappa shape index (κ2) is 4.90. The number of aliphatic hydroxyl groups is 1. The second-order valence-electron chi connectivity index (χ2n) is 5.55. The zero-order valence-electron chi connectivity index (χ0n) is 12.5. The zero-order chi connectivity index (χ0) is 18.0. The maximum atomic E-state index is 12.6. The number of allylic oxidation sites excluding steroid dienone is 2. The number of Topliss-reactive ketones (excluding diaryl/α,β-unsaturated/α-hetero) is 1. The van der Waals surface area contributed by atoms with Crippen LogP contribution >= 0.6 is 0 Å². The fourth-order valence-corrected chi connectivity index (χ4v) is 6.18. The summed E-state index contributed by atoms with van der Waals surface area (Å²) >= 11 is 0. The Morgan fingerprint density at radius 1 is 0.760 bits per heavy atom. The van der Waals surface area contributed by atoms with Gasteiger partial charge in [-0.25, -0.2) is 16.8 Å². The van der Waals surface area contributed by atoms with Crippen LogP contribution in [0.25, 0.3) is 5.76 Å². The number of carbonyl (C=O) groups is 1. The predicted molar refractivity (Wildman–Crippen MR) is 89.2 cm³/mol. The van der Waals surface area contributed by atoms with E-state index in [-0.39, 0.29) is 20.9 Å². The molecule has 0 aromatic heterocycles. The van der Waals surface area contributed by atoms with Crippen LogP contribution in [0.5, 0.6) is 0 Å². The highest BCUT2D eigenvalue weighted by Gasteiger charge is 2.42. The maximum Gasteiger partial charge on any atom is 0.211 e. The smallest absolute Gasteiger partial charge is 0.211 e. The molecular formula is C17H10O6S2. The zero-order valence-corrected chi connectivity index (χ0v) is 14.1. The third kappa shape index (κ3) is 1.98. The molecule has 2 aromatic carbocycles. The average molecular weight is 374 g/mol. The molecule has 1 N–H and O–H groups in total. The number of carbonyl (C=O) groups excluding carboxylic acids is 1. The molecular weight excluding hydrogens is 364 g/mol. The molecule has 0 unspecified atom stereocenters. The van der Waals surface area contributed by atoms with E-state index in [1.165, 1.54) is 42.5 Å². The minimum absolute atomic E-state index is 0.0123. The highest BCUT2D eigenvalue weighted by molar-refractivity contribution is 7.97. The fraction of sp³-hybridized carbons (Fsp3) is 0. The van der Waals surface area contributed by atoms with Gasteiger partial charge in [-0.15, -0.1) is 0 Å². The molecule has 2 aliphatic rings. The third-order valence-electron chi connectivity index (χ3n) is 4.15. The van der Waals surface area contributed by atoms with Crippen molar-refractivity contribution in [2.75, 3.05) is 0 Å². The van der Waals surface area contributed by atoms with Crippen LogP contribution in [0.4, 0.5) is 0 Å². The van der Waals surface area contributed by atoms with E-state index >= 15 is 0 Å². The molecule has 2 heterocycles. The topological polar surface area (TPSA) is 106 Å². The van der Waals surface area contributed by atoms with Gasteiger partial charge in [-0.2, -0.15) is 0 Å². The van der Waals surface area contributed by atoms with Gasteiger partial charge in [0, 0.05) is 11.1 Å². The third-order valence-corrected chi connectivity index (χ3v) is 7.79.